The molecule has 2 rings (SSSR count). The first-order valence-electron chi connectivity index (χ1n) is 6.93. The molecule has 108 valence electrons. The van der Waals surface area contributed by atoms with Crippen molar-refractivity contribution in [3.05, 3.63) is 29.6 Å². The monoisotopic (exact) mass is 276 g/mol. The number of likely N-dealkylation sites (tertiary alicyclic amines) is 1. The number of aromatic nitrogens is 1. The van der Waals surface area contributed by atoms with Gasteiger partial charge in [0.05, 0.1) is 13.5 Å². The Kier molecular flexibility index (Phi) is 4.71. The molecule has 0 bridgehead atoms. The molecule has 2 heterocycles. The van der Waals surface area contributed by atoms with Gasteiger partial charge in [-0.1, -0.05) is 6.07 Å². The Bertz CT molecular complexity index is 502. The standard InChI is InChI=1S/C15H20N2O3/c1-11-6-5-8-13(16-11)15(19)17-9-4-3-7-12(17)10-14(18)20-2/h5-6,8,12H,3-4,7,9-10H2,1-2H3. The average molecular weight is 276 g/mol. The smallest absolute Gasteiger partial charge is 0.307 e. The molecule has 1 amide bonds. The molecule has 0 aliphatic carbocycles. The quantitative estimate of drug-likeness (QED) is 0.792. The maximum atomic E-state index is 12.5. The number of aryl methyl sites for hydroxylation is 1. The molecule has 1 atom stereocenters. The van der Waals surface area contributed by atoms with Gasteiger partial charge >= 0.3 is 5.97 Å². The van der Waals surface area contributed by atoms with Gasteiger partial charge in [-0.15, -0.1) is 0 Å². The summed E-state index contributed by atoms with van der Waals surface area (Å²) in [4.78, 5) is 30.0. The van der Waals surface area contributed by atoms with Crippen molar-refractivity contribution in [2.24, 2.45) is 0 Å². The summed E-state index contributed by atoms with van der Waals surface area (Å²) in [6, 6.07) is 5.33. The molecular weight excluding hydrogens is 256 g/mol. The number of hydrogen-bond donors (Lipinski definition) is 0. The van der Waals surface area contributed by atoms with Gasteiger partial charge in [0.2, 0.25) is 0 Å². The minimum absolute atomic E-state index is 0.0778. The fourth-order valence-corrected chi connectivity index (χ4v) is 2.57. The first kappa shape index (κ1) is 14.5. The van der Waals surface area contributed by atoms with E-state index in [0.717, 1.165) is 25.0 Å². The van der Waals surface area contributed by atoms with Crippen LogP contribution in [0.15, 0.2) is 18.2 Å². The van der Waals surface area contributed by atoms with Crippen LogP contribution in [0.25, 0.3) is 0 Å². The Hall–Kier alpha value is -1.91. The molecule has 1 aliphatic heterocycles. The molecule has 0 aromatic carbocycles. The average Bonchev–Trinajstić information content (AvgIpc) is 2.47. The highest BCUT2D eigenvalue weighted by Crippen LogP contribution is 2.22. The van der Waals surface area contributed by atoms with E-state index < -0.39 is 0 Å². The van der Waals surface area contributed by atoms with E-state index in [1.54, 1.807) is 11.0 Å². The molecule has 1 aliphatic rings. The van der Waals surface area contributed by atoms with E-state index in [9.17, 15) is 9.59 Å². The number of carbonyl (C=O) groups is 2. The third kappa shape index (κ3) is 3.35. The van der Waals surface area contributed by atoms with Crippen LogP contribution in [0.3, 0.4) is 0 Å². The van der Waals surface area contributed by atoms with E-state index in [1.165, 1.54) is 7.11 Å². The summed E-state index contributed by atoms with van der Waals surface area (Å²) in [5.41, 5.74) is 1.26. The molecular formula is C15H20N2O3. The largest absolute Gasteiger partial charge is 0.469 e. The molecule has 20 heavy (non-hydrogen) atoms. The van der Waals surface area contributed by atoms with Crippen molar-refractivity contribution in [1.82, 2.24) is 9.88 Å². The van der Waals surface area contributed by atoms with Crippen LogP contribution in [0.2, 0.25) is 0 Å². The van der Waals surface area contributed by atoms with Gasteiger partial charge in [-0.2, -0.15) is 0 Å². The number of amides is 1. The minimum atomic E-state index is -0.271. The topological polar surface area (TPSA) is 59.5 Å². The summed E-state index contributed by atoms with van der Waals surface area (Å²) in [6.45, 7) is 2.54. The van der Waals surface area contributed by atoms with Crippen molar-refractivity contribution in [3.63, 3.8) is 0 Å². The maximum absolute atomic E-state index is 12.5. The lowest BCUT2D eigenvalue weighted by Gasteiger charge is -2.35. The normalized spacial score (nSPS) is 18.7. The third-order valence-corrected chi connectivity index (χ3v) is 3.63. The van der Waals surface area contributed by atoms with Gasteiger partial charge in [-0.3, -0.25) is 9.59 Å². The number of pyridine rings is 1. The van der Waals surface area contributed by atoms with E-state index >= 15 is 0 Å². The van der Waals surface area contributed by atoms with E-state index in [2.05, 4.69) is 4.98 Å². The highest BCUT2D eigenvalue weighted by molar-refractivity contribution is 5.93. The lowest BCUT2D eigenvalue weighted by atomic mass is 9.99. The van der Waals surface area contributed by atoms with Crippen LogP contribution in [-0.4, -0.2) is 41.5 Å². The number of hydrogen-bond acceptors (Lipinski definition) is 4. The Labute approximate surface area is 118 Å². The van der Waals surface area contributed by atoms with Gasteiger partial charge in [0, 0.05) is 18.3 Å². The number of methoxy groups -OCH3 is 1. The predicted molar refractivity (Wildman–Crippen MR) is 74.3 cm³/mol. The summed E-state index contributed by atoms with van der Waals surface area (Å²) in [7, 11) is 1.37. The minimum Gasteiger partial charge on any atom is -0.469 e. The second-order valence-electron chi connectivity index (χ2n) is 5.09. The molecule has 0 radical (unpaired) electrons. The molecule has 5 nitrogen and oxygen atoms in total. The lowest BCUT2D eigenvalue weighted by Crippen LogP contribution is -2.45. The number of carbonyl (C=O) groups excluding carboxylic acids is 2. The zero-order valence-electron chi connectivity index (χ0n) is 12.0. The van der Waals surface area contributed by atoms with Gasteiger partial charge in [0.25, 0.3) is 5.91 Å². The van der Waals surface area contributed by atoms with Gasteiger partial charge in [0.1, 0.15) is 5.69 Å². The fraction of sp³-hybridized carbons (Fsp3) is 0.533. The molecule has 1 saturated heterocycles. The Balaban J connectivity index is 2.15. The Morgan fingerprint density at radius 2 is 2.20 bits per heavy atom. The van der Waals surface area contributed by atoms with Crippen LogP contribution in [0, 0.1) is 6.92 Å². The first-order chi connectivity index (χ1) is 9.61. The van der Waals surface area contributed by atoms with Crippen molar-refractivity contribution < 1.29 is 14.3 Å². The van der Waals surface area contributed by atoms with Crippen molar-refractivity contribution in [1.29, 1.82) is 0 Å². The second-order valence-corrected chi connectivity index (χ2v) is 5.09. The van der Waals surface area contributed by atoms with Crippen LogP contribution >= 0.6 is 0 Å². The van der Waals surface area contributed by atoms with E-state index in [-0.39, 0.29) is 24.3 Å². The molecule has 1 aromatic heterocycles. The SMILES string of the molecule is COC(=O)CC1CCCCN1C(=O)c1cccc(C)n1. The molecule has 1 fully saturated rings. The van der Waals surface area contributed by atoms with Gasteiger partial charge in [-0.25, -0.2) is 4.98 Å². The van der Waals surface area contributed by atoms with Gasteiger partial charge in [0.15, 0.2) is 0 Å². The summed E-state index contributed by atoms with van der Waals surface area (Å²) in [5, 5.41) is 0. The maximum Gasteiger partial charge on any atom is 0.307 e. The molecule has 0 N–H and O–H groups in total. The number of esters is 1. The zero-order chi connectivity index (χ0) is 14.5. The summed E-state index contributed by atoms with van der Waals surface area (Å²) in [6.07, 6.45) is 3.10. The van der Waals surface area contributed by atoms with Crippen LogP contribution in [0.4, 0.5) is 0 Å². The Morgan fingerprint density at radius 3 is 2.90 bits per heavy atom. The summed E-state index contributed by atoms with van der Waals surface area (Å²) in [5.74, 6) is -0.366. The van der Waals surface area contributed by atoms with Crippen LogP contribution < -0.4 is 0 Å². The molecule has 1 unspecified atom stereocenters. The predicted octanol–water partition coefficient (Wildman–Crippen LogP) is 1.95. The van der Waals surface area contributed by atoms with Gasteiger partial charge < -0.3 is 9.64 Å². The summed E-state index contributed by atoms with van der Waals surface area (Å²) >= 11 is 0. The van der Waals surface area contributed by atoms with E-state index in [0.29, 0.717) is 12.2 Å². The van der Waals surface area contributed by atoms with Gasteiger partial charge in [-0.05, 0) is 38.3 Å². The van der Waals surface area contributed by atoms with Crippen molar-refractivity contribution in [2.45, 2.75) is 38.6 Å². The Morgan fingerprint density at radius 1 is 1.40 bits per heavy atom. The molecule has 1 aromatic rings. The second kappa shape index (κ2) is 6.50. The number of ether oxygens (including phenoxy) is 1. The number of piperidine rings is 1. The van der Waals surface area contributed by atoms with Crippen LogP contribution in [0.1, 0.15) is 41.9 Å². The number of rotatable bonds is 3. The first-order valence-corrected chi connectivity index (χ1v) is 6.93. The molecule has 5 heteroatoms. The highest BCUT2D eigenvalue weighted by Gasteiger charge is 2.30. The number of nitrogens with zero attached hydrogens (tertiary/aromatic N) is 2. The fourth-order valence-electron chi connectivity index (χ4n) is 2.57. The van der Waals surface area contributed by atoms with Crippen molar-refractivity contribution in [3.8, 4) is 0 Å². The lowest BCUT2D eigenvalue weighted by molar-refractivity contribution is -0.142. The summed E-state index contributed by atoms with van der Waals surface area (Å²) < 4.78 is 4.71. The highest BCUT2D eigenvalue weighted by atomic mass is 16.5. The van der Waals surface area contributed by atoms with E-state index in [1.807, 2.05) is 19.1 Å². The molecule has 0 saturated carbocycles. The third-order valence-electron chi connectivity index (χ3n) is 3.63. The van der Waals surface area contributed by atoms with Crippen LogP contribution in [0.5, 0.6) is 0 Å². The van der Waals surface area contributed by atoms with E-state index in [4.69, 9.17) is 4.74 Å². The molecule has 0 spiro atoms. The van der Waals surface area contributed by atoms with Crippen molar-refractivity contribution in [2.75, 3.05) is 13.7 Å². The van der Waals surface area contributed by atoms with Crippen LogP contribution in [-0.2, 0) is 9.53 Å². The zero-order valence-corrected chi connectivity index (χ0v) is 12.0. The van der Waals surface area contributed by atoms with Crippen molar-refractivity contribution >= 4 is 11.9 Å².